The lowest BCUT2D eigenvalue weighted by Gasteiger charge is -2.40. The second-order valence-electron chi connectivity index (χ2n) is 18.0. The molecule has 52 heavy (non-hydrogen) atoms. The standard InChI is InChI=1S/C42H75O7PSi2/c1-15-46-50(10,44)29-19-17-16-18-26-37-38(40(31-39(37)47-33(2)43)49-52(13,14)42(6,7)8)28-27-36(48-51(11,12)41(3,4)5)25-21-23-34-22-20-24-35(30-34)32-45-9/h16,18,20,22,24,27-28,30,36-40H,15,17,19,21,23,25-26,29,31-32H2,1-14H3/t36-,37+,38+,39-,40+,50?/m0/s1. The minimum atomic E-state index is -2.54. The molecule has 0 amide bonds. The van der Waals surface area contributed by atoms with E-state index in [1.54, 1.807) is 13.8 Å². The zero-order valence-electron chi connectivity index (χ0n) is 35.4. The van der Waals surface area contributed by atoms with Gasteiger partial charge in [0.2, 0.25) is 0 Å². The minimum absolute atomic E-state index is 0.0318. The van der Waals surface area contributed by atoms with Gasteiger partial charge in [0.25, 0.3) is 0 Å². The molecule has 0 bridgehead atoms. The number of esters is 1. The molecule has 0 saturated heterocycles. The van der Waals surface area contributed by atoms with Crippen LogP contribution in [-0.4, -0.2) is 67.5 Å². The van der Waals surface area contributed by atoms with Crippen LogP contribution in [0.2, 0.25) is 36.3 Å². The van der Waals surface area contributed by atoms with Crippen LogP contribution >= 0.6 is 7.37 Å². The Hall–Kier alpha value is -1.33. The van der Waals surface area contributed by atoms with E-state index in [1.165, 1.54) is 18.1 Å². The van der Waals surface area contributed by atoms with Crippen molar-refractivity contribution in [2.75, 3.05) is 26.5 Å². The SMILES string of the molecule is CCOP(C)(=O)CCCC=CC[C@@H]1[C@@H](C=C[C@H](CCCc2cccc(COC)c2)O[Si](C)(C)C(C)(C)C)[C@H](O[Si](C)(C)C(C)(C)C)C[C@@H]1OC(C)=O. The van der Waals surface area contributed by atoms with Crippen molar-refractivity contribution in [2.45, 2.75) is 162 Å². The number of benzene rings is 1. The summed E-state index contributed by atoms with van der Waals surface area (Å²) in [5, 5.41) is 0.127. The van der Waals surface area contributed by atoms with Crippen LogP contribution < -0.4 is 0 Å². The summed E-state index contributed by atoms with van der Waals surface area (Å²) in [5.41, 5.74) is 2.51. The molecule has 6 atom stereocenters. The van der Waals surface area contributed by atoms with Crippen molar-refractivity contribution in [3.63, 3.8) is 0 Å². The molecule has 0 radical (unpaired) electrons. The molecule has 0 aromatic heterocycles. The summed E-state index contributed by atoms with van der Waals surface area (Å²) in [6.45, 7) is 29.2. The maximum Gasteiger partial charge on any atom is 0.302 e. The first-order valence-corrected chi connectivity index (χ1v) is 27.7. The number of carbonyl (C=O) groups excluding carboxylic acids is 1. The van der Waals surface area contributed by atoms with Gasteiger partial charge in [0, 0.05) is 45.1 Å². The first-order valence-electron chi connectivity index (χ1n) is 19.7. The van der Waals surface area contributed by atoms with Crippen LogP contribution in [0.5, 0.6) is 0 Å². The van der Waals surface area contributed by atoms with Gasteiger partial charge in [-0.15, -0.1) is 0 Å². The van der Waals surface area contributed by atoms with Gasteiger partial charge in [-0.3, -0.25) is 9.36 Å². The molecule has 7 nitrogen and oxygen atoms in total. The van der Waals surface area contributed by atoms with Crippen LogP contribution in [0.4, 0.5) is 0 Å². The zero-order chi connectivity index (χ0) is 39.4. The Kier molecular flexibility index (Phi) is 18.5. The van der Waals surface area contributed by atoms with Gasteiger partial charge >= 0.3 is 5.97 Å². The first-order chi connectivity index (χ1) is 24.0. The van der Waals surface area contributed by atoms with Crippen molar-refractivity contribution < 1.29 is 32.2 Å². The third kappa shape index (κ3) is 15.4. The fraction of sp³-hybridized carbons (Fsp3) is 0.738. The Bertz CT molecular complexity index is 1340. The first kappa shape index (κ1) is 46.8. The van der Waals surface area contributed by atoms with E-state index < -0.39 is 24.0 Å². The Labute approximate surface area is 320 Å². The van der Waals surface area contributed by atoms with Gasteiger partial charge in [0.15, 0.2) is 24.0 Å². The van der Waals surface area contributed by atoms with Gasteiger partial charge in [-0.05, 0) is 92.8 Å². The molecule has 1 aliphatic carbocycles. The molecule has 2 rings (SSSR count). The van der Waals surface area contributed by atoms with E-state index in [4.69, 9.17) is 22.8 Å². The largest absolute Gasteiger partial charge is 0.462 e. The van der Waals surface area contributed by atoms with Gasteiger partial charge in [0.1, 0.15) is 6.10 Å². The fourth-order valence-corrected chi connectivity index (χ4v) is 10.5. The molecule has 10 heteroatoms. The van der Waals surface area contributed by atoms with Crippen LogP contribution in [0, 0.1) is 11.8 Å². The fourth-order valence-electron chi connectivity index (χ4n) is 6.45. The molecule has 1 aromatic carbocycles. The molecular weight excluding hydrogens is 704 g/mol. The smallest absolute Gasteiger partial charge is 0.302 e. The number of carbonyl (C=O) groups is 1. The number of allylic oxidation sites excluding steroid dienone is 2. The highest BCUT2D eigenvalue weighted by molar-refractivity contribution is 7.58. The predicted octanol–water partition coefficient (Wildman–Crippen LogP) is 11.7. The quantitative estimate of drug-likeness (QED) is 0.0404. The second-order valence-corrected chi connectivity index (χ2v) is 30.2. The van der Waals surface area contributed by atoms with Crippen molar-refractivity contribution in [1.82, 2.24) is 0 Å². The Morgan fingerprint density at radius 3 is 2.23 bits per heavy atom. The third-order valence-electron chi connectivity index (χ3n) is 11.4. The molecule has 1 aliphatic rings. The summed E-state index contributed by atoms with van der Waals surface area (Å²) in [5.74, 6) is -0.116. The van der Waals surface area contributed by atoms with Crippen molar-refractivity contribution in [3.05, 3.63) is 59.7 Å². The lowest BCUT2D eigenvalue weighted by molar-refractivity contribution is -0.148. The molecule has 1 fully saturated rings. The number of aryl methyl sites for hydroxylation is 1. The van der Waals surface area contributed by atoms with Crippen LogP contribution in [0.3, 0.4) is 0 Å². The van der Waals surface area contributed by atoms with Crippen LogP contribution in [0.25, 0.3) is 0 Å². The van der Waals surface area contributed by atoms with Crippen molar-refractivity contribution in [1.29, 1.82) is 0 Å². The highest BCUT2D eigenvalue weighted by Crippen LogP contribution is 2.46. The number of rotatable bonds is 21. The van der Waals surface area contributed by atoms with E-state index >= 15 is 0 Å². The zero-order valence-corrected chi connectivity index (χ0v) is 38.3. The third-order valence-corrected chi connectivity index (χ3v) is 22.3. The number of ether oxygens (including phenoxy) is 2. The highest BCUT2D eigenvalue weighted by Gasteiger charge is 2.48. The maximum absolute atomic E-state index is 12.6. The average molecular weight is 779 g/mol. The van der Waals surface area contributed by atoms with E-state index in [2.05, 4.69) is 116 Å². The molecule has 1 aromatic rings. The molecule has 1 unspecified atom stereocenters. The van der Waals surface area contributed by atoms with Gasteiger partial charge < -0.3 is 22.8 Å². The normalized spacial score (nSPS) is 22.3. The van der Waals surface area contributed by atoms with Crippen molar-refractivity contribution in [3.8, 4) is 0 Å². The van der Waals surface area contributed by atoms with Gasteiger partial charge in [-0.1, -0.05) is 90.1 Å². The van der Waals surface area contributed by atoms with E-state index in [1.807, 2.05) is 6.92 Å². The maximum atomic E-state index is 12.6. The van der Waals surface area contributed by atoms with Gasteiger partial charge in [0.05, 0.1) is 25.4 Å². The molecule has 0 spiro atoms. The number of hydrogen-bond acceptors (Lipinski definition) is 7. The summed E-state index contributed by atoms with van der Waals surface area (Å²) < 4.78 is 43.8. The topological polar surface area (TPSA) is 80.3 Å². The number of hydrogen-bond donors (Lipinski definition) is 0. The van der Waals surface area contributed by atoms with E-state index in [0.717, 1.165) is 38.5 Å². The highest BCUT2D eigenvalue weighted by atomic mass is 31.2. The molecular formula is C42H75O7PSi2. The van der Waals surface area contributed by atoms with Crippen LogP contribution in [-0.2, 0) is 45.2 Å². The number of unbranched alkanes of at least 4 members (excludes halogenated alkanes) is 1. The summed E-state index contributed by atoms with van der Waals surface area (Å²) in [6.07, 6.45) is 15.3. The molecule has 0 heterocycles. The molecule has 0 aliphatic heterocycles. The number of methoxy groups -OCH3 is 1. The van der Waals surface area contributed by atoms with Crippen LogP contribution in [0.15, 0.2) is 48.6 Å². The van der Waals surface area contributed by atoms with Crippen molar-refractivity contribution in [2.24, 2.45) is 11.8 Å². The molecule has 0 N–H and O–H groups in total. The average Bonchev–Trinajstić information content (AvgIpc) is 3.30. The summed E-state index contributed by atoms with van der Waals surface area (Å²) >= 11 is 0. The summed E-state index contributed by atoms with van der Waals surface area (Å²) in [7, 11) is -5.02. The summed E-state index contributed by atoms with van der Waals surface area (Å²) in [4.78, 5) is 12.4. The Morgan fingerprint density at radius 1 is 0.981 bits per heavy atom. The van der Waals surface area contributed by atoms with E-state index in [-0.39, 0.29) is 46.2 Å². The Balaban J connectivity index is 2.43. The predicted molar refractivity (Wildman–Crippen MR) is 224 cm³/mol. The van der Waals surface area contributed by atoms with E-state index in [0.29, 0.717) is 25.8 Å². The van der Waals surface area contributed by atoms with Gasteiger partial charge in [-0.25, -0.2) is 0 Å². The minimum Gasteiger partial charge on any atom is -0.462 e. The monoisotopic (exact) mass is 778 g/mol. The lowest BCUT2D eigenvalue weighted by Crippen LogP contribution is -2.45. The lowest BCUT2D eigenvalue weighted by atomic mass is 9.89. The Morgan fingerprint density at radius 2 is 1.63 bits per heavy atom. The van der Waals surface area contributed by atoms with Gasteiger partial charge in [-0.2, -0.15) is 0 Å². The van der Waals surface area contributed by atoms with E-state index in [9.17, 15) is 9.36 Å². The summed E-state index contributed by atoms with van der Waals surface area (Å²) in [6, 6.07) is 8.68. The molecule has 1 saturated carbocycles. The molecule has 298 valence electrons. The van der Waals surface area contributed by atoms with Crippen LogP contribution in [0.1, 0.15) is 105 Å². The second kappa shape index (κ2) is 20.6. The van der Waals surface area contributed by atoms with Crippen molar-refractivity contribution >= 4 is 30.0 Å².